The molecular formula is C19H19NO3. The van der Waals surface area contributed by atoms with Gasteiger partial charge >= 0.3 is 0 Å². The number of anilines is 1. The van der Waals surface area contributed by atoms with E-state index >= 15 is 0 Å². The summed E-state index contributed by atoms with van der Waals surface area (Å²) in [5, 5.41) is 0. The van der Waals surface area contributed by atoms with Crippen LogP contribution < -0.4 is 9.64 Å². The number of benzene rings is 2. The van der Waals surface area contributed by atoms with E-state index < -0.39 is 6.10 Å². The van der Waals surface area contributed by atoms with Crippen molar-refractivity contribution in [1.29, 1.82) is 0 Å². The van der Waals surface area contributed by atoms with E-state index in [-0.39, 0.29) is 11.7 Å². The molecule has 2 aromatic carbocycles. The molecule has 1 aliphatic rings. The Hall–Kier alpha value is -2.62. The van der Waals surface area contributed by atoms with Gasteiger partial charge in [0.2, 0.25) is 0 Å². The van der Waals surface area contributed by atoms with Crippen molar-refractivity contribution in [3.05, 3.63) is 59.7 Å². The molecule has 0 unspecified atom stereocenters. The lowest BCUT2D eigenvalue weighted by Gasteiger charge is -2.22. The first kappa shape index (κ1) is 15.3. The number of ketones is 1. The maximum Gasteiger partial charge on any atom is 0.267 e. The molecule has 0 saturated carbocycles. The van der Waals surface area contributed by atoms with E-state index in [1.54, 1.807) is 36.1 Å². The van der Waals surface area contributed by atoms with Crippen LogP contribution in [0, 0.1) is 0 Å². The molecule has 1 atom stereocenters. The van der Waals surface area contributed by atoms with Crippen molar-refractivity contribution in [1.82, 2.24) is 0 Å². The lowest BCUT2D eigenvalue weighted by atomic mass is 10.1. The van der Waals surface area contributed by atoms with E-state index in [4.69, 9.17) is 4.74 Å². The third-order valence-corrected chi connectivity index (χ3v) is 4.07. The van der Waals surface area contributed by atoms with Gasteiger partial charge in [0.1, 0.15) is 5.75 Å². The topological polar surface area (TPSA) is 46.6 Å². The van der Waals surface area contributed by atoms with Gasteiger partial charge in [-0.2, -0.15) is 0 Å². The molecule has 0 aliphatic carbocycles. The Labute approximate surface area is 135 Å². The van der Waals surface area contributed by atoms with Crippen LogP contribution in [0.5, 0.6) is 5.75 Å². The van der Waals surface area contributed by atoms with Crippen LogP contribution >= 0.6 is 0 Å². The molecular weight excluding hydrogens is 290 g/mol. The van der Waals surface area contributed by atoms with Gasteiger partial charge < -0.3 is 9.64 Å². The molecule has 0 saturated heterocycles. The highest BCUT2D eigenvalue weighted by Crippen LogP contribution is 2.28. The van der Waals surface area contributed by atoms with Crippen molar-refractivity contribution in [2.24, 2.45) is 0 Å². The number of amides is 1. The minimum Gasteiger partial charge on any atom is -0.481 e. The van der Waals surface area contributed by atoms with Gasteiger partial charge in [-0.05, 0) is 56.2 Å². The highest BCUT2D eigenvalue weighted by molar-refractivity contribution is 5.98. The minimum atomic E-state index is -0.579. The van der Waals surface area contributed by atoms with Crippen molar-refractivity contribution >= 4 is 17.4 Å². The van der Waals surface area contributed by atoms with Crippen molar-refractivity contribution in [2.45, 2.75) is 26.4 Å². The second-order valence-electron chi connectivity index (χ2n) is 5.71. The highest BCUT2D eigenvalue weighted by Gasteiger charge is 2.28. The van der Waals surface area contributed by atoms with E-state index in [1.165, 1.54) is 12.5 Å². The fourth-order valence-corrected chi connectivity index (χ4v) is 2.81. The molecule has 1 heterocycles. The summed E-state index contributed by atoms with van der Waals surface area (Å²) < 4.78 is 5.74. The highest BCUT2D eigenvalue weighted by atomic mass is 16.5. The second-order valence-corrected chi connectivity index (χ2v) is 5.71. The van der Waals surface area contributed by atoms with Gasteiger partial charge in [0.15, 0.2) is 11.9 Å². The quantitative estimate of drug-likeness (QED) is 0.815. The van der Waals surface area contributed by atoms with Crippen molar-refractivity contribution in [3.8, 4) is 5.75 Å². The average Bonchev–Trinajstić information content (AvgIpc) is 2.98. The molecule has 0 radical (unpaired) electrons. The molecule has 0 aromatic heterocycles. The van der Waals surface area contributed by atoms with Gasteiger partial charge in [-0.25, -0.2) is 0 Å². The van der Waals surface area contributed by atoms with E-state index in [2.05, 4.69) is 6.07 Å². The third kappa shape index (κ3) is 3.11. The van der Waals surface area contributed by atoms with Gasteiger partial charge in [0.25, 0.3) is 5.91 Å². The normalized spacial score (nSPS) is 14.3. The minimum absolute atomic E-state index is 0.00866. The number of carbonyl (C=O) groups is 2. The summed E-state index contributed by atoms with van der Waals surface area (Å²) in [4.78, 5) is 25.7. The molecule has 0 bridgehead atoms. The molecule has 4 nitrogen and oxygen atoms in total. The van der Waals surface area contributed by atoms with Crippen molar-refractivity contribution < 1.29 is 14.3 Å². The number of hydrogen-bond donors (Lipinski definition) is 0. The third-order valence-electron chi connectivity index (χ3n) is 4.07. The summed E-state index contributed by atoms with van der Waals surface area (Å²) in [6.45, 7) is 3.96. The molecule has 1 amide bonds. The zero-order valence-electron chi connectivity index (χ0n) is 13.3. The first-order valence-corrected chi connectivity index (χ1v) is 7.73. The number of ether oxygens (including phenoxy) is 1. The number of carbonyl (C=O) groups excluding carboxylic acids is 2. The number of nitrogens with zero attached hydrogens (tertiary/aromatic N) is 1. The standard InChI is InChI=1S/C19H19NO3/c1-13(21)15-7-9-17(10-8-15)23-14(2)19(22)20-12-11-16-5-3-4-6-18(16)20/h3-10,14H,11-12H2,1-2H3/t14-/m0/s1. The molecule has 23 heavy (non-hydrogen) atoms. The van der Waals surface area contributed by atoms with Gasteiger partial charge in [0.05, 0.1) is 0 Å². The number of para-hydroxylation sites is 1. The molecule has 0 spiro atoms. The molecule has 2 aromatic rings. The zero-order chi connectivity index (χ0) is 16.4. The van der Waals surface area contributed by atoms with Crippen LogP contribution in [0.4, 0.5) is 5.69 Å². The molecule has 118 valence electrons. The lowest BCUT2D eigenvalue weighted by molar-refractivity contribution is -0.124. The largest absolute Gasteiger partial charge is 0.481 e. The first-order valence-electron chi connectivity index (χ1n) is 7.73. The molecule has 4 heteroatoms. The SMILES string of the molecule is CC(=O)c1ccc(O[C@@H](C)C(=O)N2CCc3ccccc32)cc1. The van der Waals surface area contributed by atoms with Gasteiger partial charge in [0, 0.05) is 17.8 Å². The molecule has 0 fully saturated rings. The fourth-order valence-electron chi connectivity index (χ4n) is 2.81. The number of fused-ring (bicyclic) bond motifs is 1. The van der Waals surface area contributed by atoms with Crippen LogP contribution in [0.25, 0.3) is 0 Å². The Bertz CT molecular complexity index is 737. The summed E-state index contributed by atoms with van der Waals surface area (Å²) in [6, 6.07) is 14.8. The second kappa shape index (κ2) is 6.24. The summed E-state index contributed by atoms with van der Waals surface area (Å²) in [5.41, 5.74) is 2.79. The van der Waals surface area contributed by atoms with Crippen LogP contribution in [0.1, 0.15) is 29.8 Å². The van der Waals surface area contributed by atoms with Gasteiger partial charge in [-0.3, -0.25) is 9.59 Å². The Kier molecular flexibility index (Phi) is 4.15. The monoisotopic (exact) mass is 309 g/mol. The molecule has 3 rings (SSSR count). The van der Waals surface area contributed by atoms with E-state index in [9.17, 15) is 9.59 Å². The summed E-state index contributed by atoms with van der Waals surface area (Å²) in [7, 11) is 0. The Morgan fingerprint density at radius 3 is 2.48 bits per heavy atom. The summed E-state index contributed by atoms with van der Waals surface area (Å²) in [6.07, 6.45) is 0.298. The smallest absolute Gasteiger partial charge is 0.267 e. The first-order chi connectivity index (χ1) is 11.1. The lowest BCUT2D eigenvalue weighted by Crippen LogP contribution is -2.39. The zero-order valence-corrected chi connectivity index (χ0v) is 13.3. The van der Waals surface area contributed by atoms with Gasteiger partial charge in [-0.15, -0.1) is 0 Å². The Morgan fingerprint density at radius 2 is 1.78 bits per heavy atom. The van der Waals surface area contributed by atoms with Crippen molar-refractivity contribution in [3.63, 3.8) is 0 Å². The predicted octanol–water partition coefficient (Wildman–Crippen LogP) is 3.25. The van der Waals surface area contributed by atoms with Crippen LogP contribution in [0.2, 0.25) is 0 Å². The van der Waals surface area contributed by atoms with E-state index in [0.29, 0.717) is 17.9 Å². The van der Waals surface area contributed by atoms with Crippen LogP contribution in [0.15, 0.2) is 48.5 Å². The Balaban J connectivity index is 1.70. The maximum atomic E-state index is 12.6. The number of Topliss-reactive ketones (excluding diaryl/α,β-unsaturated/α-hetero) is 1. The molecule has 1 aliphatic heterocycles. The Morgan fingerprint density at radius 1 is 1.09 bits per heavy atom. The summed E-state index contributed by atoms with van der Waals surface area (Å²) in [5.74, 6) is 0.545. The van der Waals surface area contributed by atoms with Crippen LogP contribution in [0.3, 0.4) is 0 Å². The average molecular weight is 309 g/mol. The molecule has 0 N–H and O–H groups in total. The number of rotatable bonds is 4. The number of hydrogen-bond acceptors (Lipinski definition) is 3. The fraction of sp³-hybridized carbons (Fsp3) is 0.263. The van der Waals surface area contributed by atoms with E-state index in [1.807, 2.05) is 18.2 Å². The van der Waals surface area contributed by atoms with Gasteiger partial charge in [-0.1, -0.05) is 18.2 Å². The predicted molar refractivity (Wildman–Crippen MR) is 89.0 cm³/mol. The maximum absolute atomic E-state index is 12.6. The van der Waals surface area contributed by atoms with Crippen LogP contribution in [-0.4, -0.2) is 24.3 Å². The van der Waals surface area contributed by atoms with E-state index in [0.717, 1.165) is 12.1 Å². The van der Waals surface area contributed by atoms with Crippen molar-refractivity contribution in [2.75, 3.05) is 11.4 Å². The summed E-state index contributed by atoms with van der Waals surface area (Å²) >= 11 is 0. The van der Waals surface area contributed by atoms with Crippen LogP contribution in [-0.2, 0) is 11.2 Å².